The van der Waals surface area contributed by atoms with E-state index in [1.807, 2.05) is 0 Å². The van der Waals surface area contributed by atoms with Crippen LogP contribution in [0.25, 0.3) is 0 Å². The fourth-order valence-corrected chi connectivity index (χ4v) is 2.43. The molecule has 3 heteroatoms. The van der Waals surface area contributed by atoms with Crippen molar-refractivity contribution in [2.24, 2.45) is 0 Å². The number of pyridine rings is 1. The molecule has 0 bridgehead atoms. The summed E-state index contributed by atoms with van der Waals surface area (Å²) in [7, 11) is 0. The second-order valence-corrected chi connectivity index (χ2v) is 3.90. The van der Waals surface area contributed by atoms with Gasteiger partial charge in [0.1, 0.15) is 0 Å². The molecule has 1 aliphatic rings. The topological polar surface area (TPSA) is 26.9 Å². The summed E-state index contributed by atoms with van der Waals surface area (Å²) in [5.41, 5.74) is 1.96. The number of hydrogen-bond acceptors (Lipinski definition) is 1. The van der Waals surface area contributed by atoms with E-state index in [4.69, 9.17) is 11.6 Å². The second kappa shape index (κ2) is 3.18. The average Bonchev–Trinajstić information content (AvgIpc) is 2.56. The van der Waals surface area contributed by atoms with Crippen molar-refractivity contribution < 1.29 is 4.73 Å². The lowest BCUT2D eigenvalue weighted by molar-refractivity contribution is -0.613. The van der Waals surface area contributed by atoms with Gasteiger partial charge in [-0.1, -0.05) is 18.5 Å². The number of fused-ring (bicyclic) bond motifs is 1. The van der Waals surface area contributed by atoms with Crippen molar-refractivity contribution in [2.45, 2.75) is 32.1 Å². The van der Waals surface area contributed by atoms with Crippen LogP contribution in [-0.4, -0.2) is 0 Å². The lowest BCUT2D eigenvalue weighted by Crippen LogP contribution is -2.31. The minimum absolute atomic E-state index is 0.490. The highest BCUT2D eigenvalue weighted by atomic mass is 35.5. The van der Waals surface area contributed by atoms with E-state index in [0.29, 0.717) is 5.92 Å². The Kier molecular flexibility index (Phi) is 2.16. The van der Waals surface area contributed by atoms with Crippen LogP contribution in [0.3, 0.4) is 0 Å². The molecular formula is C10H12ClNO. The van der Waals surface area contributed by atoms with E-state index in [-0.39, 0.29) is 0 Å². The van der Waals surface area contributed by atoms with Crippen molar-refractivity contribution in [3.05, 3.63) is 33.8 Å². The quantitative estimate of drug-likeness (QED) is 0.502. The molecule has 0 spiro atoms. The summed E-state index contributed by atoms with van der Waals surface area (Å²) in [6.45, 7) is 2.14. The van der Waals surface area contributed by atoms with Gasteiger partial charge in [-0.05, 0) is 18.8 Å². The fraction of sp³-hybridized carbons (Fsp3) is 0.500. The van der Waals surface area contributed by atoms with Gasteiger partial charge in [0.2, 0.25) is 0 Å². The summed E-state index contributed by atoms with van der Waals surface area (Å²) in [6.07, 6.45) is 4.51. The van der Waals surface area contributed by atoms with Crippen LogP contribution < -0.4 is 4.73 Å². The Balaban J connectivity index is 2.55. The van der Waals surface area contributed by atoms with Gasteiger partial charge < -0.3 is 5.21 Å². The number of hydrogen-bond donors (Lipinski definition) is 0. The molecule has 0 N–H and O–H groups in total. The molecule has 0 aliphatic heterocycles. The monoisotopic (exact) mass is 197 g/mol. The van der Waals surface area contributed by atoms with E-state index in [0.717, 1.165) is 40.3 Å². The third-order valence-corrected chi connectivity index (χ3v) is 3.15. The molecular weight excluding hydrogens is 186 g/mol. The van der Waals surface area contributed by atoms with Gasteiger partial charge in [-0.25, -0.2) is 0 Å². The van der Waals surface area contributed by atoms with Crippen LogP contribution in [0.15, 0.2) is 12.3 Å². The van der Waals surface area contributed by atoms with Gasteiger partial charge in [0, 0.05) is 18.1 Å². The van der Waals surface area contributed by atoms with Crippen LogP contribution in [-0.2, 0) is 6.42 Å². The van der Waals surface area contributed by atoms with Gasteiger partial charge >= 0.3 is 0 Å². The first-order valence-corrected chi connectivity index (χ1v) is 5.02. The summed E-state index contributed by atoms with van der Waals surface area (Å²) in [6, 6.07) is 1.70. The molecule has 1 unspecified atom stereocenters. The number of halogens is 1. The molecule has 0 radical (unpaired) electrons. The molecule has 2 rings (SSSR count). The molecule has 0 aromatic carbocycles. The SMILES string of the molecule is CCC1CCc2c1c(Cl)cc[n+]2[O-]. The second-order valence-electron chi connectivity index (χ2n) is 3.49. The first-order chi connectivity index (χ1) is 6.24. The highest BCUT2D eigenvalue weighted by molar-refractivity contribution is 6.31. The van der Waals surface area contributed by atoms with Crippen LogP contribution in [0.4, 0.5) is 0 Å². The van der Waals surface area contributed by atoms with Gasteiger partial charge in [0.15, 0.2) is 11.9 Å². The molecule has 70 valence electrons. The van der Waals surface area contributed by atoms with Crippen LogP contribution in [0, 0.1) is 5.21 Å². The van der Waals surface area contributed by atoms with Crippen molar-refractivity contribution in [1.29, 1.82) is 0 Å². The molecule has 1 heterocycles. The molecule has 0 fully saturated rings. The van der Waals surface area contributed by atoms with Crippen molar-refractivity contribution in [3.63, 3.8) is 0 Å². The maximum absolute atomic E-state index is 11.4. The molecule has 0 saturated heterocycles. The van der Waals surface area contributed by atoms with Crippen molar-refractivity contribution in [1.82, 2.24) is 0 Å². The van der Waals surface area contributed by atoms with E-state index in [9.17, 15) is 5.21 Å². The predicted molar refractivity (Wildman–Crippen MR) is 51.8 cm³/mol. The standard InChI is InChI=1S/C10H12ClNO/c1-2-7-3-4-9-10(7)8(11)5-6-12(9)13/h5-7H,2-4H2,1H3. The summed E-state index contributed by atoms with van der Waals surface area (Å²) < 4.78 is 0.955. The number of aromatic nitrogens is 1. The number of nitrogens with zero attached hydrogens (tertiary/aromatic N) is 1. The van der Waals surface area contributed by atoms with E-state index in [1.54, 1.807) is 6.07 Å². The normalized spacial score (nSPS) is 20.3. The Hall–Kier alpha value is -0.760. The summed E-state index contributed by atoms with van der Waals surface area (Å²) >= 11 is 6.06. The highest BCUT2D eigenvalue weighted by Gasteiger charge is 2.29. The Labute approximate surface area is 82.7 Å². The molecule has 1 aliphatic carbocycles. The van der Waals surface area contributed by atoms with Crippen LogP contribution >= 0.6 is 11.6 Å². The molecule has 2 nitrogen and oxygen atoms in total. The van der Waals surface area contributed by atoms with Crippen molar-refractivity contribution in [3.8, 4) is 0 Å². The van der Waals surface area contributed by atoms with E-state index in [2.05, 4.69) is 6.92 Å². The highest BCUT2D eigenvalue weighted by Crippen LogP contribution is 2.37. The predicted octanol–water partition coefficient (Wildman–Crippen LogP) is 2.41. The smallest absolute Gasteiger partial charge is 0.197 e. The Morgan fingerprint density at radius 3 is 3.15 bits per heavy atom. The lowest BCUT2D eigenvalue weighted by Gasteiger charge is -2.08. The lowest BCUT2D eigenvalue weighted by atomic mass is 10.0. The van der Waals surface area contributed by atoms with Crippen molar-refractivity contribution >= 4 is 11.6 Å². The summed E-state index contributed by atoms with van der Waals surface area (Å²) in [5, 5.41) is 12.1. The Bertz CT molecular complexity index is 338. The third kappa shape index (κ3) is 1.29. The molecule has 0 amide bonds. The van der Waals surface area contributed by atoms with Gasteiger partial charge in [0.25, 0.3) is 0 Å². The fourth-order valence-electron chi connectivity index (χ4n) is 2.11. The summed E-state index contributed by atoms with van der Waals surface area (Å²) in [5.74, 6) is 0.490. The molecule has 1 aromatic heterocycles. The van der Waals surface area contributed by atoms with Gasteiger partial charge in [-0.2, -0.15) is 4.73 Å². The van der Waals surface area contributed by atoms with Gasteiger partial charge in [-0.15, -0.1) is 0 Å². The maximum atomic E-state index is 11.4. The van der Waals surface area contributed by atoms with E-state index in [1.165, 1.54) is 6.20 Å². The van der Waals surface area contributed by atoms with E-state index >= 15 is 0 Å². The Morgan fingerprint density at radius 2 is 2.46 bits per heavy atom. The van der Waals surface area contributed by atoms with Crippen LogP contribution in [0.1, 0.15) is 36.9 Å². The first kappa shape index (κ1) is 8.82. The zero-order chi connectivity index (χ0) is 9.42. The molecule has 1 atom stereocenters. The average molecular weight is 198 g/mol. The maximum Gasteiger partial charge on any atom is 0.197 e. The Morgan fingerprint density at radius 1 is 1.69 bits per heavy atom. The third-order valence-electron chi connectivity index (χ3n) is 2.82. The van der Waals surface area contributed by atoms with E-state index < -0.39 is 0 Å². The first-order valence-electron chi connectivity index (χ1n) is 4.64. The molecule has 0 saturated carbocycles. The van der Waals surface area contributed by atoms with Crippen LogP contribution in [0.5, 0.6) is 0 Å². The summed E-state index contributed by atoms with van der Waals surface area (Å²) in [4.78, 5) is 0. The minimum Gasteiger partial charge on any atom is -0.618 e. The zero-order valence-electron chi connectivity index (χ0n) is 7.59. The van der Waals surface area contributed by atoms with Gasteiger partial charge in [0.05, 0.1) is 5.02 Å². The largest absolute Gasteiger partial charge is 0.618 e. The number of rotatable bonds is 1. The minimum atomic E-state index is 0.490. The van der Waals surface area contributed by atoms with Crippen LogP contribution in [0.2, 0.25) is 5.02 Å². The molecule has 13 heavy (non-hydrogen) atoms. The zero-order valence-corrected chi connectivity index (χ0v) is 8.34. The van der Waals surface area contributed by atoms with Gasteiger partial charge in [-0.3, -0.25) is 0 Å². The van der Waals surface area contributed by atoms with Crippen molar-refractivity contribution in [2.75, 3.05) is 0 Å². The molecule has 1 aromatic rings.